The normalized spacial score (nSPS) is 21.1. The van der Waals surface area contributed by atoms with Gasteiger partial charge in [0.05, 0.1) is 16.4 Å². The van der Waals surface area contributed by atoms with Crippen LogP contribution < -0.4 is 5.32 Å². The van der Waals surface area contributed by atoms with Crippen molar-refractivity contribution in [1.82, 2.24) is 15.1 Å². The minimum Gasteiger partial charge on any atom is -0.316 e. The predicted molar refractivity (Wildman–Crippen MR) is 88.9 cm³/mol. The minimum atomic E-state index is 0.490. The number of halogens is 1. The van der Waals surface area contributed by atoms with Crippen molar-refractivity contribution in [3.63, 3.8) is 0 Å². The molecule has 1 aromatic rings. The summed E-state index contributed by atoms with van der Waals surface area (Å²) in [6, 6.07) is 0.490. The number of nitrogens with one attached hydrogen (secondary N) is 1. The summed E-state index contributed by atoms with van der Waals surface area (Å²) >= 11 is 8.64. The summed E-state index contributed by atoms with van der Waals surface area (Å²) < 4.78 is 2.08. The molecule has 0 radical (unpaired) electrons. The van der Waals surface area contributed by atoms with E-state index in [0.29, 0.717) is 11.3 Å². The maximum atomic E-state index is 6.53. The summed E-state index contributed by atoms with van der Waals surface area (Å²) in [5, 5.41) is 9.72. The smallest absolute Gasteiger partial charge is 0.0850 e. The van der Waals surface area contributed by atoms with Crippen molar-refractivity contribution in [3.8, 4) is 0 Å². The summed E-state index contributed by atoms with van der Waals surface area (Å²) in [7, 11) is 2.07. The molecule has 2 atom stereocenters. The van der Waals surface area contributed by atoms with Gasteiger partial charge in [0.25, 0.3) is 0 Å². The molecule has 0 amide bonds. The monoisotopic (exact) mass is 315 g/mol. The largest absolute Gasteiger partial charge is 0.316 e. The molecule has 1 aromatic heterocycles. The number of rotatable bonds is 6. The zero-order valence-electron chi connectivity index (χ0n) is 12.8. The van der Waals surface area contributed by atoms with E-state index in [9.17, 15) is 0 Å². The molecule has 1 N–H and O–H groups in total. The summed E-state index contributed by atoms with van der Waals surface area (Å²) in [6.07, 6.45) is 5.92. The van der Waals surface area contributed by atoms with Crippen LogP contribution in [0, 0.1) is 0 Å². The SMILES string of the molecule is CCc1nn(CC)c(CC(NC)C2CCCCS2)c1Cl. The molecule has 1 aliphatic rings. The summed E-state index contributed by atoms with van der Waals surface area (Å²) in [4.78, 5) is 0. The summed E-state index contributed by atoms with van der Waals surface area (Å²) in [5.74, 6) is 1.30. The number of likely N-dealkylation sites (N-methyl/N-ethyl adjacent to an activating group) is 1. The van der Waals surface area contributed by atoms with Crippen LogP contribution in [0.4, 0.5) is 0 Å². The van der Waals surface area contributed by atoms with Crippen LogP contribution >= 0.6 is 23.4 Å². The maximum Gasteiger partial charge on any atom is 0.0850 e. The van der Waals surface area contributed by atoms with Crippen LogP contribution in [0.25, 0.3) is 0 Å². The molecule has 0 aromatic carbocycles. The lowest BCUT2D eigenvalue weighted by Crippen LogP contribution is -2.39. The van der Waals surface area contributed by atoms with E-state index in [1.54, 1.807) is 0 Å². The first kappa shape index (κ1) is 16.2. The van der Waals surface area contributed by atoms with Gasteiger partial charge in [0.15, 0.2) is 0 Å². The Morgan fingerprint density at radius 3 is 2.80 bits per heavy atom. The van der Waals surface area contributed by atoms with Gasteiger partial charge in [-0.3, -0.25) is 4.68 Å². The average Bonchev–Trinajstić information content (AvgIpc) is 2.81. The third-order valence-corrected chi connectivity index (χ3v) is 6.09. The van der Waals surface area contributed by atoms with Gasteiger partial charge in [0.2, 0.25) is 0 Å². The van der Waals surface area contributed by atoms with Crippen LogP contribution in [-0.2, 0) is 19.4 Å². The topological polar surface area (TPSA) is 29.9 Å². The molecule has 1 saturated heterocycles. The highest BCUT2D eigenvalue weighted by atomic mass is 35.5. The highest BCUT2D eigenvalue weighted by molar-refractivity contribution is 8.00. The Kier molecular flexibility index (Phi) is 6.24. The zero-order chi connectivity index (χ0) is 14.5. The first-order valence-corrected chi connectivity index (χ1v) is 9.16. The quantitative estimate of drug-likeness (QED) is 0.871. The number of thioether (sulfide) groups is 1. The molecule has 1 fully saturated rings. The number of nitrogens with zero attached hydrogens (tertiary/aromatic N) is 2. The number of aromatic nitrogens is 2. The van der Waals surface area contributed by atoms with Crippen molar-refractivity contribution in [2.75, 3.05) is 12.8 Å². The van der Waals surface area contributed by atoms with Gasteiger partial charge in [-0.15, -0.1) is 0 Å². The fourth-order valence-electron chi connectivity index (χ4n) is 2.92. The molecule has 0 saturated carbocycles. The fraction of sp³-hybridized carbons (Fsp3) is 0.800. The van der Waals surface area contributed by atoms with Gasteiger partial charge >= 0.3 is 0 Å². The highest BCUT2D eigenvalue weighted by Gasteiger charge is 2.26. The molecule has 2 unspecified atom stereocenters. The van der Waals surface area contributed by atoms with Crippen LogP contribution in [0.5, 0.6) is 0 Å². The fourth-order valence-corrected chi connectivity index (χ4v) is 4.74. The Balaban J connectivity index is 2.15. The van der Waals surface area contributed by atoms with E-state index < -0.39 is 0 Å². The molecule has 0 bridgehead atoms. The Bertz CT molecular complexity index is 427. The molecular formula is C15H26ClN3S. The van der Waals surface area contributed by atoms with E-state index in [-0.39, 0.29) is 0 Å². The standard InChI is InChI=1S/C15H26ClN3S/c1-4-11-15(16)13(19(5-2)18-11)10-12(17-3)14-8-6-7-9-20-14/h12,14,17H,4-10H2,1-3H3. The first-order chi connectivity index (χ1) is 9.71. The Labute approximate surface area is 131 Å². The van der Waals surface area contributed by atoms with Gasteiger partial charge in [-0.2, -0.15) is 16.9 Å². The summed E-state index contributed by atoms with van der Waals surface area (Å²) in [6.45, 7) is 5.14. The molecule has 114 valence electrons. The molecule has 2 heterocycles. The second-order valence-corrected chi connectivity index (χ2v) is 7.11. The molecule has 0 spiro atoms. The first-order valence-electron chi connectivity index (χ1n) is 7.74. The van der Waals surface area contributed by atoms with Gasteiger partial charge in [-0.1, -0.05) is 24.9 Å². The van der Waals surface area contributed by atoms with Crippen LogP contribution in [0.1, 0.15) is 44.5 Å². The Hall–Kier alpha value is -0.190. The maximum absolute atomic E-state index is 6.53. The Morgan fingerprint density at radius 1 is 1.45 bits per heavy atom. The molecule has 2 rings (SSSR count). The molecule has 1 aliphatic heterocycles. The van der Waals surface area contributed by atoms with Crippen LogP contribution in [0.2, 0.25) is 5.02 Å². The lowest BCUT2D eigenvalue weighted by atomic mass is 10.0. The van der Waals surface area contributed by atoms with E-state index in [1.165, 1.54) is 30.7 Å². The van der Waals surface area contributed by atoms with Crippen molar-refractivity contribution in [3.05, 3.63) is 16.4 Å². The predicted octanol–water partition coefficient (Wildman–Crippen LogP) is 3.54. The second kappa shape index (κ2) is 7.71. The van der Waals surface area contributed by atoms with E-state index in [0.717, 1.165) is 30.1 Å². The Morgan fingerprint density at radius 2 is 2.25 bits per heavy atom. The molecule has 20 heavy (non-hydrogen) atoms. The molecular weight excluding hydrogens is 290 g/mol. The van der Waals surface area contributed by atoms with Crippen molar-refractivity contribution >= 4 is 23.4 Å². The van der Waals surface area contributed by atoms with Crippen molar-refractivity contribution in [1.29, 1.82) is 0 Å². The zero-order valence-corrected chi connectivity index (χ0v) is 14.4. The highest BCUT2D eigenvalue weighted by Crippen LogP contribution is 2.31. The van der Waals surface area contributed by atoms with Crippen molar-refractivity contribution < 1.29 is 0 Å². The van der Waals surface area contributed by atoms with Crippen LogP contribution in [0.15, 0.2) is 0 Å². The number of hydrogen-bond donors (Lipinski definition) is 1. The number of aryl methyl sites for hydroxylation is 2. The molecule has 0 aliphatic carbocycles. The van der Waals surface area contributed by atoms with E-state index in [1.807, 2.05) is 0 Å². The van der Waals surface area contributed by atoms with Gasteiger partial charge in [-0.05, 0) is 39.0 Å². The van der Waals surface area contributed by atoms with E-state index in [4.69, 9.17) is 11.6 Å². The van der Waals surface area contributed by atoms with Crippen LogP contribution in [-0.4, -0.2) is 33.9 Å². The molecule has 3 nitrogen and oxygen atoms in total. The molecule has 5 heteroatoms. The second-order valence-electron chi connectivity index (χ2n) is 5.38. The minimum absolute atomic E-state index is 0.490. The van der Waals surface area contributed by atoms with Gasteiger partial charge in [0, 0.05) is 24.3 Å². The van der Waals surface area contributed by atoms with Crippen molar-refractivity contribution in [2.45, 2.75) is 63.8 Å². The number of hydrogen-bond acceptors (Lipinski definition) is 3. The van der Waals surface area contributed by atoms with E-state index in [2.05, 4.69) is 47.8 Å². The van der Waals surface area contributed by atoms with Gasteiger partial charge in [-0.25, -0.2) is 0 Å². The third-order valence-electron chi connectivity index (χ3n) is 4.14. The van der Waals surface area contributed by atoms with Gasteiger partial charge < -0.3 is 5.32 Å². The average molecular weight is 316 g/mol. The third kappa shape index (κ3) is 3.52. The lowest BCUT2D eigenvalue weighted by molar-refractivity contribution is 0.476. The van der Waals surface area contributed by atoms with Crippen LogP contribution in [0.3, 0.4) is 0 Å². The lowest BCUT2D eigenvalue weighted by Gasteiger charge is -2.29. The summed E-state index contributed by atoms with van der Waals surface area (Å²) in [5.41, 5.74) is 2.24. The van der Waals surface area contributed by atoms with Crippen molar-refractivity contribution in [2.24, 2.45) is 0 Å². The van der Waals surface area contributed by atoms with Gasteiger partial charge in [0.1, 0.15) is 0 Å². The van der Waals surface area contributed by atoms with E-state index >= 15 is 0 Å².